The third-order valence-electron chi connectivity index (χ3n) is 4.00. The quantitative estimate of drug-likeness (QED) is 0.826. The maximum absolute atomic E-state index is 12.4. The zero-order valence-electron chi connectivity index (χ0n) is 14.8. The van der Waals surface area contributed by atoms with Gasteiger partial charge in [0.1, 0.15) is 6.54 Å². The van der Waals surface area contributed by atoms with Crippen LogP contribution in [-0.4, -0.2) is 27.1 Å². The number of hydrogen-bond donors (Lipinski definition) is 1. The van der Waals surface area contributed by atoms with Gasteiger partial charge in [0.15, 0.2) is 0 Å². The number of amides is 1. The first-order valence-electron chi connectivity index (χ1n) is 8.22. The summed E-state index contributed by atoms with van der Waals surface area (Å²) in [6.07, 6.45) is 1.98. The Balaban J connectivity index is 2.12. The summed E-state index contributed by atoms with van der Waals surface area (Å²) >= 11 is 0. The van der Waals surface area contributed by atoms with Crippen molar-refractivity contribution in [2.75, 3.05) is 17.1 Å². The molecule has 0 saturated heterocycles. The van der Waals surface area contributed by atoms with E-state index < -0.39 is 10.0 Å². The van der Waals surface area contributed by atoms with Gasteiger partial charge in [-0.1, -0.05) is 49.4 Å². The fraction of sp³-hybridized carbons (Fsp3) is 0.316. The lowest BCUT2D eigenvalue weighted by atomic mass is 10.1. The van der Waals surface area contributed by atoms with Gasteiger partial charge < -0.3 is 5.32 Å². The minimum absolute atomic E-state index is 0.197. The summed E-state index contributed by atoms with van der Waals surface area (Å²) in [6, 6.07) is 16.6. The highest BCUT2D eigenvalue weighted by atomic mass is 32.2. The summed E-state index contributed by atoms with van der Waals surface area (Å²) < 4.78 is 25.4. The molecule has 5 nitrogen and oxygen atoms in total. The summed E-state index contributed by atoms with van der Waals surface area (Å²) in [5, 5.41) is 2.85. The largest absolute Gasteiger partial charge is 0.348 e. The van der Waals surface area contributed by atoms with E-state index in [1.807, 2.05) is 56.3 Å². The van der Waals surface area contributed by atoms with Crippen LogP contribution in [0.25, 0.3) is 0 Å². The summed E-state index contributed by atoms with van der Waals surface area (Å²) in [5.74, 6) is -0.346. The second kappa shape index (κ2) is 8.16. The number of sulfonamides is 1. The Labute approximate surface area is 149 Å². The molecule has 0 heterocycles. The minimum Gasteiger partial charge on any atom is -0.348 e. The fourth-order valence-corrected chi connectivity index (χ4v) is 3.40. The Morgan fingerprint density at radius 2 is 1.68 bits per heavy atom. The van der Waals surface area contributed by atoms with Gasteiger partial charge in [-0.2, -0.15) is 0 Å². The van der Waals surface area contributed by atoms with Crippen molar-refractivity contribution in [3.8, 4) is 0 Å². The van der Waals surface area contributed by atoms with E-state index in [0.717, 1.165) is 28.1 Å². The Kier molecular flexibility index (Phi) is 6.20. The van der Waals surface area contributed by atoms with Crippen LogP contribution in [0, 0.1) is 0 Å². The molecule has 0 radical (unpaired) electrons. The highest BCUT2D eigenvalue weighted by Crippen LogP contribution is 2.19. The standard InChI is InChI=1S/C19H24N2O3S/c1-4-16-10-12-18(13-11-16)21(25(3,23)24)14-19(22)20-15(2)17-8-6-5-7-9-17/h5-13,15H,4,14H2,1-3H3,(H,20,22)/t15-/m0/s1. The first-order valence-corrected chi connectivity index (χ1v) is 10.1. The van der Waals surface area contributed by atoms with Gasteiger partial charge in [-0.25, -0.2) is 8.42 Å². The maximum Gasteiger partial charge on any atom is 0.241 e. The van der Waals surface area contributed by atoms with E-state index in [1.54, 1.807) is 12.1 Å². The van der Waals surface area contributed by atoms with Crippen molar-refractivity contribution in [2.45, 2.75) is 26.3 Å². The molecule has 0 aromatic heterocycles. The number of hydrogen-bond acceptors (Lipinski definition) is 3. The van der Waals surface area contributed by atoms with Crippen molar-refractivity contribution in [2.24, 2.45) is 0 Å². The van der Waals surface area contributed by atoms with Gasteiger partial charge in [-0.15, -0.1) is 0 Å². The molecule has 0 aliphatic carbocycles. The number of carbonyl (C=O) groups is 1. The zero-order chi connectivity index (χ0) is 18.4. The second-order valence-corrected chi connectivity index (χ2v) is 7.90. The molecule has 0 unspecified atom stereocenters. The van der Waals surface area contributed by atoms with Crippen LogP contribution >= 0.6 is 0 Å². The lowest BCUT2D eigenvalue weighted by molar-refractivity contribution is -0.120. The van der Waals surface area contributed by atoms with Crippen LogP contribution in [0.1, 0.15) is 31.0 Å². The Morgan fingerprint density at radius 1 is 1.08 bits per heavy atom. The predicted molar refractivity (Wildman–Crippen MR) is 101 cm³/mol. The summed E-state index contributed by atoms with van der Waals surface area (Å²) in [6.45, 7) is 3.65. The van der Waals surface area contributed by atoms with Crippen LogP contribution in [0.3, 0.4) is 0 Å². The van der Waals surface area contributed by atoms with Crippen LogP contribution in [0.2, 0.25) is 0 Å². The van der Waals surface area contributed by atoms with E-state index in [1.165, 1.54) is 0 Å². The van der Waals surface area contributed by atoms with Crippen molar-refractivity contribution in [1.82, 2.24) is 5.32 Å². The number of benzene rings is 2. The van der Waals surface area contributed by atoms with Gasteiger partial charge in [0, 0.05) is 0 Å². The van der Waals surface area contributed by atoms with Crippen molar-refractivity contribution in [3.05, 3.63) is 65.7 Å². The summed E-state index contributed by atoms with van der Waals surface area (Å²) in [5.41, 5.74) is 2.57. The number of rotatable bonds is 7. The zero-order valence-corrected chi connectivity index (χ0v) is 15.6. The Bertz CT molecular complexity index is 802. The molecule has 0 saturated carbocycles. The number of aryl methyl sites for hydroxylation is 1. The van der Waals surface area contributed by atoms with Gasteiger partial charge in [-0.05, 0) is 36.6 Å². The molecule has 1 amide bonds. The number of nitrogens with zero attached hydrogens (tertiary/aromatic N) is 1. The molecule has 0 bridgehead atoms. The van der Waals surface area contributed by atoms with E-state index >= 15 is 0 Å². The van der Waals surface area contributed by atoms with Crippen LogP contribution in [0.5, 0.6) is 0 Å². The molecule has 2 aromatic carbocycles. The molecule has 0 aliphatic heterocycles. The molecule has 2 rings (SSSR count). The van der Waals surface area contributed by atoms with Crippen molar-refractivity contribution in [3.63, 3.8) is 0 Å². The molecule has 2 aromatic rings. The molecular weight excluding hydrogens is 336 g/mol. The molecule has 25 heavy (non-hydrogen) atoms. The van der Waals surface area contributed by atoms with Crippen LogP contribution in [0.15, 0.2) is 54.6 Å². The lowest BCUT2D eigenvalue weighted by Gasteiger charge is -2.23. The van der Waals surface area contributed by atoms with E-state index in [2.05, 4.69) is 5.32 Å². The second-order valence-electron chi connectivity index (χ2n) is 5.99. The number of carbonyl (C=O) groups excluding carboxylic acids is 1. The first-order chi connectivity index (χ1) is 11.8. The van der Waals surface area contributed by atoms with E-state index in [0.29, 0.717) is 5.69 Å². The SMILES string of the molecule is CCc1ccc(N(CC(=O)N[C@@H](C)c2ccccc2)S(C)(=O)=O)cc1. The molecule has 1 atom stereocenters. The molecule has 6 heteroatoms. The topological polar surface area (TPSA) is 66.5 Å². The average molecular weight is 360 g/mol. The van der Waals surface area contributed by atoms with Gasteiger partial charge in [0.25, 0.3) is 0 Å². The van der Waals surface area contributed by atoms with Crippen LogP contribution in [0.4, 0.5) is 5.69 Å². The highest BCUT2D eigenvalue weighted by molar-refractivity contribution is 7.92. The maximum atomic E-state index is 12.4. The van der Waals surface area contributed by atoms with Crippen molar-refractivity contribution < 1.29 is 13.2 Å². The van der Waals surface area contributed by atoms with E-state index in [-0.39, 0.29) is 18.5 Å². The molecule has 0 spiro atoms. The molecule has 134 valence electrons. The van der Waals surface area contributed by atoms with E-state index in [4.69, 9.17) is 0 Å². The fourth-order valence-electron chi connectivity index (χ4n) is 2.54. The van der Waals surface area contributed by atoms with Gasteiger partial charge in [0.05, 0.1) is 18.0 Å². The van der Waals surface area contributed by atoms with Gasteiger partial charge in [0.2, 0.25) is 15.9 Å². The third-order valence-corrected chi connectivity index (χ3v) is 5.14. The number of nitrogens with one attached hydrogen (secondary N) is 1. The van der Waals surface area contributed by atoms with Gasteiger partial charge in [-0.3, -0.25) is 9.10 Å². The smallest absolute Gasteiger partial charge is 0.241 e. The molecule has 1 N–H and O–H groups in total. The highest BCUT2D eigenvalue weighted by Gasteiger charge is 2.21. The average Bonchev–Trinajstić information content (AvgIpc) is 2.59. The summed E-state index contributed by atoms with van der Waals surface area (Å²) in [7, 11) is -3.56. The monoisotopic (exact) mass is 360 g/mol. The Hall–Kier alpha value is -2.34. The van der Waals surface area contributed by atoms with Gasteiger partial charge >= 0.3 is 0 Å². The Morgan fingerprint density at radius 3 is 2.20 bits per heavy atom. The van der Waals surface area contributed by atoms with E-state index in [9.17, 15) is 13.2 Å². The number of anilines is 1. The van der Waals surface area contributed by atoms with Crippen LogP contribution < -0.4 is 9.62 Å². The normalized spacial score (nSPS) is 12.4. The lowest BCUT2D eigenvalue weighted by Crippen LogP contribution is -2.41. The minimum atomic E-state index is -3.56. The van der Waals surface area contributed by atoms with Crippen molar-refractivity contribution in [1.29, 1.82) is 0 Å². The predicted octanol–water partition coefficient (Wildman–Crippen LogP) is 2.89. The van der Waals surface area contributed by atoms with Crippen LogP contribution in [-0.2, 0) is 21.2 Å². The van der Waals surface area contributed by atoms with Crippen molar-refractivity contribution >= 4 is 21.6 Å². The third kappa shape index (κ3) is 5.32. The molecular formula is C19H24N2O3S. The molecule has 0 fully saturated rings. The molecule has 0 aliphatic rings. The summed E-state index contributed by atoms with van der Waals surface area (Å²) in [4.78, 5) is 12.4. The first kappa shape index (κ1) is 19.0.